The third-order valence-electron chi connectivity index (χ3n) is 5.34. The molecular formula is C25H22N4O2S. The number of ether oxygens (including phenoxy) is 1. The van der Waals surface area contributed by atoms with Crippen LogP contribution in [0.2, 0.25) is 0 Å². The van der Waals surface area contributed by atoms with Gasteiger partial charge in [0.05, 0.1) is 12.0 Å². The Labute approximate surface area is 190 Å². The molecule has 0 saturated carbocycles. The lowest BCUT2D eigenvalue weighted by Gasteiger charge is -2.35. The largest absolute Gasteiger partial charge is 0.493 e. The smallest absolute Gasteiger partial charge is 0.276 e. The predicted molar refractivity (Wildman–Crippen MR) is 129 cm³/mol. The van der Waals surface area contributed by atoms with Crippen LogP contribution in [0.5, 0.6) is 5.75 Å². The molecule has 2 aliphatic heterocycles. The quantitative estimate of drug-likeness (QED) is 0.616. The van der Waals surface area contributed by atoms with Crippen LogP contribution in [0.15, 0.2) is 83.4 Å². The van der Waals surface area contributed by atoms with Crippen LogP contribution in [0.1, 0.15) is 18.7 Å². The molecular weight excluding hydrogens is 420 g/mol. The topological polar surface area (TPSA) is 66.3 Å². The first-order valence-electron chi connectivity index (χ1n) is 10.5. The maximum absolute atomic E-state index is 13.2. The second-order valence-corrected chi connectivity index (χ2v) is 8.31. The van der Waals surface area contributed by atoms with E-state index in [2.05, 4.69) is 24.0 Å². The van der Waals surface area contributed by atoms with Gasteiger partial charge in [-0.15, -0.1) is 11.7 Å². The molecule has 0 aliphatic carbocycles. The van der Waals surface area contributed by atoms with Crippen molar-refractivity contribution in [3.63, 3.8) is 0 Å². The molecule has 1 N–H and O–H groups in total. The van der Waals surface area contributed by atoms with Gasteiger partial charge in [0.1, 0.15) is 11.4 Å². The molecule has 1 atom stereocenters. The average Bonchev–Trinajstić information content (AvgIpc) is 2.82. The molecule has 0 bridgehead atoms. The van der Waals surface area contributed by atoms with E-state index >= 15 is 0 Å². The molecule has 6 nitrogen and oxygen atoms in total. The number of amides is 1. The van der Waals surface area contributed by atoms with Crippen molar-refractivity contribution in [2.75, 3.05) is 12.4 Å². The molecule has 5 rings (SSSR count). The summed E-state index contributed by atoms with van der Waals surface area (Å²) in [6, 6.07) is 19.8. The lowest BCUT2D eigenvalue weighted by molar-refractivity contribution is -0.116. The minimum Gasteiger partial charge on any atom is -0.493 e. The van der Waals surface area contributed by atoms with Gasteiger partial charge in [0.15, 0.2) is 11.3 Å². The lowest BCUT2D eigenvalue weighted by atomic mass is 9.99. The summed E-state index contributed by atoms with van der Waals surface area (Å²) in [6.45, 7) is 6.24. The molecule has 3 aromatic carbocycles. The summed E-state index contributed by atoms with van der Waals surface area (Å²) < 4.78 is 6.02. The maximum Gasteiger partial charge on any atom is 0.276 e. The summed E-state index contributed by atoms with van der Waals surface area (Å²) in [5.41, 5.74) is 1.38. The van der Waals surface area contributed by atoms with Gasteiger partial charge < -0.3 is 4.74 Å². The molecule has 3 aromatic rings. The first-order chi connectivity index (χ1) is 15.7. The minimum absolute atomic E-state index is 0.197. The van der Waals surface area contributed by atoms with Gasteiger partial charge in [-0.25, -0.2) is 5.01 Å². The summed E-state index contributed by atoms with van der Waals surface area (Å²) in [7, 11) is 0. The summed E-state index contributed by atoms with van der Waals surface area (Å²) in [5, 5.41) is 13.6. The molecule has 32 heavy (non-hydrogen) atoms. The maximum atomic E-state index is 13.2. The Bertz CT molecular complexity index is 1380. The molecule has 1 unspecified atom stereocenters. The van der Waals surface area contributed by atoms with E-state index in [1.807, 2.05) is 55.5 Å². The summed E-state index contributed by atoms with van der Waals surface area (Å²) in [4.78, 5) is 18.3. The highest BCUT2D eigenvalue weighted by atomic mass is 32.2. The fourth-order valence-electron chi connectivity index (χ4n) is 4.04. The van der Waals surface area contributed by atoms with Crippen LogP contribution in [-0.2, 0) is 4.79 Å². The first kappa shape index (κ1) is 20.3. The van der Waals surface area contributed by atoms with Gasteiger partial charge in [-0.3, -0.25) is 15.1 Å². The zero-order valence-corrected chi connectivity index (χ0v) is 18.4. The SMILES string of the molecule is C=CCSC1=NN2C(=c3ccccc3=NC2c2c(OCC)ccc3ccccc23)C(=O)N1. The standard InChI is InChI=1S/C25H22N4O2S/c1-3-15-32-25-27-24(30)22-18-11-7-8-12-19(18)26-23(29(22)28-25)21-17-10-6-5-9-16(17)13-14-20(21)31-4-2/h3,5-14,23H,1,4,15H2,2H3,(H,27,28,30). The number of nitrogens with one attached hydrogen (secondary N) is 1. The van der Waals surface area contributed by atoms with Crippen molar-refractivity contribution in [3.8, 4) is 5.75 Å². The van der Waals surface area contributed by atoms with E-state index in [1.165, 1.54) is 11.8 Å². The Balaban J connectivity index is 1.80. The molecule has 0 fully saturated rings. The van der Waals surface area contributed by atoms with Crippen LogP contribution >= 0.6 is 11.8 Å². The highest BCUT2D eigenvalue weighted by Crippen LogP contribution is 2.40. The van der Waals surface area contributed by atoms with Gasteiger partial charge in [0.2, 0.25) is 0 Å². The van der Waals surface area contributed by atoms with Crippen LogP contribution in [0.3, 0.4) is 0 Å². The number of hydrogen-bond acceptors (Lipinski definition) is 6. The number of amidine groups is 1. The summed E-state index contributed by atoms with van der Waals surface area (Å²) in [6.07, 6.45) is 1.24. The normalized spacial score (nSPS) is 17.1. The van der Waals surface area contributed by atoms with Crippen molar-refractivity contribution < 1.29 is 9.53 Å². The van der Waals surface area contributed by atoms with Crippen LogP contribution in [0.25, 0.3) is 16.5 Å². The molecule has 1 amide bonds. The molecule has 7 heteroatoms. The number of carbonyl (C=O) groups is 1. The molecule has 2 aliphatic rings. The van der Waals surface area contributed by atoms with Gasteiger partial charge >= 0.3 is 0 Å². The molecule has 0 aromatic heterocycles. The van der Waals surface area contributed by atoms with Crippen molar-refractivity contribution in [2.45, 2.75) is 13.1 Å². The van der Waals surface area contributed by atoms with Crippen molar-refractivity contribution in [1.82, 2.24) is 10.3 Å². The predicted octanol–water partition coefficient (Wildman–Crippen LogP) is 3.30. The number of rotatable bonds is 5. The van der Waals surface area contributed by atoms with Crippen LogP contribution in [-0.4, -0.2) is 28.4 Å². The number of hydrogen-bond donors (Lipinski definition) is 1. The van der Waals surface area contributed by atoms with E-state index in [4.69, 9.17) is 14.8 Å². The average molecular weight is 443 g/mol. The number of fused-ring (bicyclic) bond motifs is 3. The zero-order valence-electron chi connectivity index (χ0n) is 17.6. The third kappa shape index (κ3) is 3.44. The molecule has 0 saturated heterocycles. The van der Waals surface area contributed by atoms with E-state index in [0.29, 0.717) is 23.2 Å². The Morgan fingerprint density at radius 1 is 1.16 bits per heavy atom. The number of benzene rings is 3. The van der Waals surface area contributed by atoms with E-state index in [9.17, 15) is 4.79 Å². The number of thioether (sulfide) groups is 1. The first-order valence-corrected chi connectivity index (χ1v) is 11.4. The van der Waals surface area contributed by atoms with Gasteiger partial charge in [-0.05, 0) is 29.8 Å². The number of carbonyl (C=O) groups excluding carboxylic acids is 1. The van der Waals surface area contributed by atoms with Gasteiger partial charge in [-0.2, -0.15) is 0 Å². The molecule has 0 spiro atoms. The molecule has 160 valence electrons. The highest BCUT2D eigenvalue weighted by Gasteiger charge is 2.36. The van der Waals surface area contributed by atoms with Crippen molar-refractivity contribution in [3.05, 3.63) is 89.5 Å². The van der Waals surface area contributed by atoms with E-state index in [-0.39, 0.29) is 5.91 Å². The zero-order chi connectivity index (χ0) is 22.1. The van der Waals surface area contributed by atoms with E-state index in [0.717, 1.165) is 32.7 Å². The van der Waals surface area contributed by atoms with Crippen molar-refractivity contribution >= 4 is 39.3 Å². The monoisotopic (exact) mass is 442 g/mol. The van der Waals surface area contributed by atoms with Crippen molar-refractivity contribution in [1.29, 1.82) is 0 Å². The Kier molecular flexibility index (Phi) is 5.41. The minimum atomic E-state index is -0.544. The van der Waals surface area contributed by atoms with Crippen LogP contribution < -0.4 is 20.6 Å². The van der Waals surface area contributed by atoms with Gasteiger partial charge in [-0.1, -0.05) is 66.4 Å². The van der Waals surface area contributed by atoms with Crippen LogP contribution in [0.4, 0.5) is 0 Å². The fraction of sp³-hybridized carbons (Fsp3) is 0.160. The lowest BCUT2D eigenvalue weighted by Crippen LogP contribution is -2.50. The number of para-hydroxylation sites is 1. The van der Waals surface area contributed by atoms with Crippen molar-refractivity contribution in [2.24, 2.45) is 10.1 Å². The Morgan fingerprint density at radius 2 is 1.97 bits per heavy atom. The second-order valence-electron chi connectivity index (χ2n) is 7.30. The van der Waals surface area contributed by atoms with Crippen LogP contribution in [0, 0.1) is 0 Å². The summed E-state index contributed by atoms with van der Waals surface area (Å²) in [5.74, 6) is 1.18. The van der Waals surface area contributed by atoms with E-state index in [1.54, 1.807) is 11.1 Å². The third-order valence-corrected chi connectivity index (χ3v) is 6.20. The van der Waals surface area contributed by atoms with Gasteiger partial charge in [0.25, 0.3) is 5.91 Å². The van der Waals surface area contributed by atoms with Gasteiger partial charge in [0, 0.05) is 16.5 Å². The number of hydrazone groups is 1. The molecule has 0 radical (unpaired) electrons. The Morgan fingerprint density at radius 3 is 2.81 bits per heavy atom. The molecule has 2 heterocycles. The Hall–Kier alpha value is -3.58. The van der Waals surface area contributed by atoms with E-state index < -0.39 is 6.17 Å². The second kappa shape index (κ2) is 8.51. The fourth-order valence-corrected chi connectivity index (χ4v) is 4.63. The number of nitrogens with zero attached hydrogens (tertiary/aromatic N) is 3. The highest BCUT2D eigenvalue weighted by molar-refractivity contribution is 8.14. The summed E-state index contributed by atoms with van der Waals surface area (Å²) >= 11 is 1.43.